The highest BCUT2D eigenvalue weighted by Crippen LogP contribution is 2.32. The number of para-hydroxylation sites is 1. The summed E-state index contributed by atoms with van der Waals surface area (Å²) < 4.78 is 0. The Bertz CT molecular complexity index is 653. The van der Waals surface area contributed by atoms with Crippen LogP contribution in [-0.4, -0.2) is 17.4 Å². The molecule has 1 aromatic carbocycles. The molecule has 6 heteroatoms. The highest BCUT2D eigenvalue weighted by Gasteiger charge is 2.09. The number of pyridine rings is 1. The molecule has 0 saturated heterocycles. The number of halogens is 2. The number of hydrogen-bond acceptors (Lipinski definition) is 3. The lowest BCUT2D eigenvalue weighted by Crippen LogP contribution is -2.23. The molecule has 1 aromatic heterocycles. The average molecular weight is 322 g/mol. The zero-order chi connectivity index (χ0) is 15.2. The van der Waals surface area contributed by atoms with Gasteiger partial charge < -0.3 is 10.6 Å². The van der Waals surface area contributed by atoms with Crippen LogP contribution in [0.5, 0.6) is 0 Å². The standard InChI is InChI=1S/C15H13Cl2N3O/c1-2-6-19-15(21)10-7-11(9-18-8-10)20-14-12(16)4-3-5-13(14)17/h2-5,7-9,20H,1,6H2,(H,19,21). The Kier molecular flexibility index (Phi) is 5.20. The largest absolute Gasteiger partial charge is 0.352 e. The fourth-order valence-electron chi connectivity index (χ4n) is 1.66. The van der Waals surface area contributed by atoms with Crippen LogP contribution in [0.25, 0.3) is 0 Å². The summed E-state index contributed by atoms with van der Waals surface area (Å²) in [7, 11) is 0. The summed E-state index contributed by atoms with van der Waals surface area (Å²) in [6.07, 6.45) is 4.68. The van der Waals surface area contributed by atoms with Gasteiger partial charge in [0, 0.05) is 12.7 Å². The van der Waals surface area contributed by atoms with Gasteiger partial charge in [-0.05, 0) is 18.2 Å². The molecule has 1 amide bonds. The smallest absolute Gasteiger partial charge is 0.253 e. The van der Waals surface area contributed by atoms with E-state index in [0.717, 1.165) is 0 Å². The Morgan fingerprint density at radius 1 is 1.29 bits per heavy atom. The maximum atomic E-state index is 11.9. The quantitative estimate of drug-likeness (QED) is 0.817. The minimum Gasteiger partial charge on any atom is -0.352 e. The fraction of sp³-hybridized carbons (Fsp3) is 0.0667. The second kappa shape index (κ2) is 7.11. The number of aromatic nitrogens is 1. The topological polar surface area (TPSA) is 54.0 Å². The SMILES string of the molecule is C=CCNC(=O)c1cncc(Nc2c(Cl)cccc2Cl)c1. The molecule has 2 rings (SSSR count). The molecule has 1 heterocycles. The number of benzene rings is 1. The third kappa shape index (κ3) is 3.97. The van der Waals surface area contributed by atoms with E-state index in [0.29, 0.717) is 33.5 Å². The summed E-state index contributed by atoms with van der Waals surface area (Å²) in [6, 6.07) is 6.88. The zero-order valence-corrected chi connectivity index (χ0v) is 12.6. The van der Waals surface area contributed by atoms with E-state index < -0.39 is 0 Å². The van der Waals surface area contributed by atoms with Crippen molar-refractivity contribution in [3.05, 3.63) is 64.9 Å². The van der Waals surface area contributed by atoms with Crippen LogP contribution in [0.4, 0.5) is 11.4 Å². The lowest BCUT2D eigenvalue weighted by atomic mass is 10.2. The van der Waals surface area contributed by atoms with Crippen LogP contribution < -0.4 is 10.6 Å². The van der Waals surface area contributed by atoms with Crippen LogP contribution >= 0.6 is 23.2 Å². The van der Waals surface area contributed by atoms with Gasteiger partial charge in [0.05, 0.1) is 33.2 Å². The molecule has 2 N–H and O–H groups in total. The van der Waals surface area contributed by atoms with Gasteiger partial charge in [0.15, 0.2) is 0 Å². The van der Waals surface area contributed by atoms with Crippen LogP contribution in [0.15, 0.2) is 49.3 Å². The molecule has 0 spiro atoms. The van der Waals surface area contributed by atoms with Crippen molar-refractivity contribution in [1.29, 1.82) is 0 Å². The van der Waals surface area contributed by atoms with E-state index in [2.05, 4.69) is 22.2 Å². The Labute approximate surface area is 132 Å². The highest BCUT2D eigenvalue weighted by atomic mass is 35.5. The Balaban J connectivity index is 2.22. The van der Waals surface area contributed by atoms with Crippen molar-refractivity contribution < 1.29 is 4.79 Å². The molecular formula is C15H13Cl2N3O. The Morgan fingerprint density at radius 2 is 2.00 bits per heavy atom. The molecule has 0 aliphatic heterocycles. The molecule has 21 heavy (non-hydrogen) atoms. The molecule has 0 atom stereocenters. The van der Waals surface area contributed by atoms with Gasteiger partial charge in [-0.2, -0.15) is 0 Å². The van der Waals surface area contributed by atoms with Gasteiger partial charge >= 0.3 is 0 Å². The van der Waals surface area contributed by atoms with E-state index in [1.54, 1.807) is 36.5 Å². The summed E-state index contributed by atoms with van der Waals surface area (Å²) in [6.45, 7) is 3.94. The molecule has 0 aliphatic carbocycles. The van der Waals surface area contributed by atoms with Gasteiger partial charge in [0.1, 0.15) is 0 Å². The van der Waals surface area contributed by atoms with Crippen molar-refractivity contribution in [1.82, 2.24) is 10.3 Å². The van der Waals surface area contributed by atoms with Gasteiger partial charge in [-0.15, -0.1) is 6.58 Å². The van der Waals surface area contributed by atoms with Gasteiger partial charge in [0.25, 0.3) is 5.91 Å². The van der Waals surface area contributed by atoms with Crippen LogP contribution in [-0.2, 0) is 0 Å². The third-order valence-corrected chi connectivity index (χ3v) is 3.27. The molecule has 108 valence electrons. The van der Waals surface area contributed by atoms with Gasteiger partial charge in [-0.3, -0.25) is 9.78 Å². The fourth-order valence-corrected chi connectivity index (χ4v) is 2.15. The summed E-state index contributed by atoms with van der Waals surface area (Å²) in [5, 5.41) is 6.73. The van der Waals surface area contributed by atoms with Crippen molar-refractivity contribution in [3.8, 4) is 0 Å². The Hall–Kier alpha value is -2.04. The summed E-state index contributed by atoms with van der Waals surface area (Å²) in [5.41, 5.74) is 1.63. The zero-order valence-electron chi connectivity index (χ0n) is 11.1. The van der Waals surface area contributed by atoms with Crippen LogP contribution in [0.2, 0.25) is 10.0 Å². The van der Waals surface area contributed by atoms with Gasteiger partial charge in [0.2, 0.25) is 0 Å². The highest BCUT2D eigenvalue weighted by molar-refractivity contribution is 6.39. The van der Waals surface area contributed by atoms with Crippen LogP contribution in [0.3, 0.4) is 0 Å². The minimum absolute atomic E-state index is 0.226. The molecule has 0 unspecified atom stereocenters. The Morgan fingerprint density at radius 3 is 2.67 bits per heavy atom. The molecule has 0 radical (unpaired) electrons. The number of anilines is 2. The first kappa shape index (κ1) is 15.4. The lowest BCUT2D eigenvalue weighted by Gasteiger charge is -2.11. The molecule has 0 saturated carbocycles. The van der Waals surface area contributed by atoms with Crippen molar-refractivity contribution in [2.75, 3.05) is 11.9 Å². The third-order valence-electron chi connectivity index (χ3n) is 2.64. The van der Waals surface area contributed by atoms with Crippen molar-refractivity contribution in [3.63, 3.8) is 0 Å². The second-order valence-electron chi connectivity index (χ2n) is 4.18. The van der Waals surface area contributed by atoms with Crippen molar-refractivity contribution >= 4 is 40.5 Å². The number of carbonyl (C=O) groups excluding carboxylic acids is 1. The number of rotatable bonds is 5. The van der Waals surface area contributed by atoms with E-state index in [1.807, 2.05) is 0 Å². The lowest BCUT2D eigenvalue weighted by molar-refractivity contribution is 0.0957. The molecule has 0 aliphatic rings. The van der Waals surface area contributed by atoms with Gasteiger partial charge in [-0.25, -0.2) is 0 Å². The number of amides is 1. The van der Waals surface area contributed by atoms with E-state index in [9.17, 15) is 4.79 Å². The molecule has 4 nitrogen and oxygen atoms in total. The van der Waals surface area contributed by atoms with E-state index >= 15 is 0 Å². The maximum absolute atomic E-state index is 11.9. The average Bonchev–Trinajstić information content (AvgIpc) is 2.49. The van der Waals surface area contributed by atoms with Crippen LogP contribution in [0.1, 0.15) is 10.4 Å². The number of hydrogen-bond donors (Lipinski definition) is 2. The first-order valence-corrected chi connectivity index (χ1v) is 6.92. The monoisotopic (exact) mass is 321 g/mol. The number of nitrogens with zero attached hydrogens (tertiary/aromatic N) is 1. The predicted octanol–water partition coefficient (Wildman–Crippen LogP) is 4.05. The number of nitrogens with one attached hydrogen (secondary N) is 2. The first-order chi connectivity index (χ1) is 10.1. The van der Waals surface area contributed by atoms with E-state index in [-0.39, 0.29) is 5.91 Å². The van der Waals surface area contributed by atoms with Gasteiger partial charge in [-0.1, -0.05) is 35.3 Å². The van der Waals surface area contributed by atoms with Crippen LogP contribution in [0, 0.1) is 0 Å². The number of carbonyl (C=O) groups is 1. The predicted molar refractivity (Wildman–Crippen MR) is 86.5 cm³/mol. The molecule has 0 bridgehead atoms. The van der Waals surface area contributed by atoms with E-state index in [1.165, 1.54) is 6.20 Å². The molecular weight excluding hydrogens is 309 g/mol. The maximum Gasteiger partial charge on any atom is 0.253 e. The summed E-state index contributed by atoms with van der Waals surface area (Å²) in [4.78, 5) is 15.9. The second-order valence-corrected chi connectivity index (χ2v) is 5.00. The van der Waals surface area contributed by atoms with E-state index in [4.69, 9.17) is 23.2 Å². The summed E-state index contributed by atoms with van der Waals surface area (Å²) in [5.74, 6) is -0.226. The molecule has 0 fully saturated rings. The van der Waals surface area contributed by atoms with Crippen molar-refractivity contribution in [2.24, 2.45) is 0 Å². The molecule has 2 aromatic rings. The first-order valence-electron chi connectivity index (χ1n) is 6.17. The normalized spacial score (nSPS) is 10.0. The summed E-state index contributed by atoms with van der Waals surface area (Å²) >= 11 is 12.2. The minimum atomic E-state index is -0.226. The van der Waals surface area contributed by atoms with Crippen molar-refractivity contribution in [2.45, 2.75) is 0 Å².